The minimum atomic E-state index is 0.943. The largest absolute Gasteiger partial charge is 0.455 e. The van der Waals surface area contributed by atoms with Gasteiger partial charge in [0.05, 0.1) is 0 Å². The Morgan fingerprint density at radius 2 is 0.745 bits per heavy atom. The van der Waals surface area contributed by atoms with E-state index in [1.807, 2.05) is 0 Å². The highest BCUT2D eigenvalue weighted by Crippen LogP contribution is 2.47. The topological polar surface area (TPSA) is 13.1 Å². The lowest BCUT2D eigenvalue weighted by Gasteiger charge is -2.19. The zero-order chi connectivity index (χ0) is 36.0. The van der Waals surface area contributed by atoms with E-state index < -0.39 is 0 Å². The third-order valence-corrected chi connectivity index (χ3v) is 11.8. The zero-order valence-electron chi connectivity index (χ0n) is 29.9. The number of hydrogen-bond donors (Lipinski definition) is 0. The molecule has 0 bridgehead atoms. The van der Waals surface area contributed by atoms with Gasteiger partial charge in [-0.15, -0.1) is 0 Å². The molecule has 11 aromatic carbocycles. The normalized spacial score (nSPS) is 12.0. The van der Waals surface area contributed by atoms with E-state index in [0.717, 1.165) is 27.3 Å². The van der Waals surface area contributed by atoms with Crippen LogP contribution in [0.1, 0.15) is 0 Å². The molecule has 254 valence electrons. The summed E-state index contributed by atoms with van der Waals surface area (Å²) >= 11 is 0. The molecule has 0 N–H and O–H groups in total. The number of fused-ring (bicyclic) bond motifs is 13. The molecule has 0 aliphatic carbocycles. The van der Waals surface area contributed by atoms with E-state index in [1.54, 1.807) is 0 Å². The molecular formula is C54H32O. The van der Waals surface area contributed by atoms with Crippen molar-refractivity contribution in [2.24, 2.45) is 0 Å². The van der Waals surface area contributed by atoms with Crippen molar-refractivity contribution in [1.29, 1.82) is 0 Å². The SMILES string of the molecule is c1ccc(-c2c3ccccc3c(-c3ccc(-c4ccc5c(ccc6c5oc5c7ccccc7c7ccccc7c65)c4)c4ccccc34)c3ccccc23)cc1. The molecule has 12 aromatic rings. The summed E-state index contributed by atoms with van der Waals surface area (Å²) in [5.74, 6) is 0. The summed E-state index contributed by atoms with van der Waals surface area (Å²) in [6, 6.07) is 70.9. The average Bonchev–Trinajstić information content (AvgIpc) is 3.66. The van der Waals surface area contributed by atoms with Crippen LogP contribution in [0, 0.1) is 0 Å². The van der Waals surface area contributed by atoms with Gasteiger partial charge in [-0.3, -0.25) is 0 Å². The molecule has 1 aromatic heterocycles. The second-order valence-electron chi connectivity index (χ2n) is 14.7. The van der Waals surface area contributed by atoms with Crippen molar-refractivity contribution in [3.05, 3.63) is 194 Å². The number of benzene rings is 11. The second kappa shape index (κ2) is 11.6. The molecule has 0 aliphatic rings. The highest BCUT2D eigenvalue weighted by molar-refractivity contribution is 6.32. The first-order chi connectivity index (χ1) is 27.3. The smallest absolute Gasteiger partial charge is 0.143 e. The van der Waals surface area contributed by atoms with Crippen LogP contribution in [-0.4, -0.2) is 0 Å². The molecule has 0 saturated carbocycles. The molecule has 1 nitrogen and oxygen atoms in total. The van der Waals surface area contributed by atoms with Crippen LogP contribution in [0.15, 0.2) is 199 Å². The van der Waals surface area contributed by atoms with Gasteiger partial charge < -0.3 is 4.42 Å². The second-order valence-corrected chi connectivity index (χ2v) is 14.7. The van der Waals surface area contributed by atoms with Crippen LogP contribution in [0.3, 0.4) is 0 Å². The van der Waals surface area contributed by atoms with Crippen molar-refractivity contribution in [2.75, 3.05) is 0 Å². The van der Waals surface area contributed by atoms with Crippen molar-refractivity contribution in [3.63, 3.8) is 0 Å². The molecule has 0 radical (unpaired) electrons. The van der Waals surface area contributed by atoms with Crippen molar-refractivity contribution < 1.29 is 4.42 Å². The molecule has 0 saturated heterocycles. The summed E-state index contributed by atoms with van der Waals surface area (Å²) in [5, 5.41) is 17.0. The highest BCUT2D eigenvalue weighted by atomic mass is 16.3. The van der Waals surface area contributed by atoms with Gasteiger partial charge in [-0.25, -0.2) is 0 Å². The van der Waals surface area contributed by atoms with Crippen molar-refractivity contribution in [2.45, 2.75) is 0 Å². The maximum Gasteiger partial charge on any atom is 0.143 e. The molecule has 1 heteroatoms. The van der Waals surface area contributed by atoms with Gasteiger partial charge in [0.15, 0.2) is 0 Å². The quantitative estimate of drug-likeness (QED) is 0.132. The standard InChI is InChI=1S/C54H32O/c1-2-14-33(15-3-1)50-43-21-9-11-23-45(43)51(46-24-12-10-22-44(46)50)47-31-30-36(38-16-4-5-17-39(38)47)34-26-28-37-35(32-34)27-29-49-52-42-20-8-6-18-40(42)41-19-7-13-25-48(41)54(52)55-53(37)49/h1-32H. The predicted octanol–water partition coefficient (Wildman–Crippen LogP) is 15.5. The first-order valence-electron chi connectivity index (χ1n) is 19.0. The van der Waals surface area contributed by atoms with Crippen LogP contribution in [0.4, 0.5) is 0 Å². The van der Waals surface area contributed by atoms with E-state index in [-0.39, 0.29) is 0 Å². The van der Waals surface area contributed by atoms with E-state index in [9.17, 15) is 0 Å². The van der Waals surface area contributed by atoms with E-state index in [2.05, 4.69) is 194 Å². The summed E-state index contributed by atoms with van der Waals surface area (Å²) in [5.41, 5.74) is 9.35. The summed E-state index contributed by atoms with van der Waals surface area (Å²) in [7, 11) is 0. The summed E-state index contributed by atoms with van der Waals surface area (Å²) in [6.07, 6.45) is 0. The first-order valence-corrected chi connectivity index (χ1v) is 19.0. The molecule has 0 spiro atoms. The monoisotopic (exact) mass is 696 g/mol. The molecule has 0 unspecified atom stereocenters. The van der Waals surface area contributed by atoms with E-state index in [0.29, 0.717) is 0 Å². The van der Waals surface area contributed by atoms with Crippen LogP contribution in [0.25, 0.3) is 120 Å². The van der Waals surface area contributed by atoms with Crippen molar-refractivity contribution >= 4 is 86.6 Å². The molecule has 0 aliphatic heterocycles. The van der Waals surface area contributed by atoms with Crippen LogP contribution < -0.4 is 0 Å². The van der Waals surface area contributed by atoms with E-state index >= 15 is 0 Å². The lowest BCUT2D eigenvalue weighted by molar-refractivity contribution is 0.676. The summed E-state index contributed by atoms with van der Waals surface area (Å²) in [4.78, 5) is 0. The number of furan rings is 1. The van der Waals surface area contributed by atoms with Crippen LogP contribution in [0.5, 0.6) is 0 Å². The molecule has 0 fully saturated rings. The van der Waals surface area contributed by atoms with Gasteiger partial charge in [0, 0.05) is 21.5 Å². The maximum absolute atomic E-state index is 6.87. The molecule has 12 rings (SSSR count). The Kier molecular flexibility index (Phi) is 6.40. The van der Waals surface area contributed by atoms with Crippen molar-refractivity contribution in [1.82, 2.24) is 0 Å². The van der Waals surface area contributed by atoms with Gasteiger partial charge in [-0.05, 0) is 105 Å². The van der Waals surface area contributed by atoms with Crippen LogP contribution in [-0.2, 0) is 0 Å². The fraction of sp³-hybridized carbons (Fsp3) is 0. The van der Waals surface area contributed by atoms with E-state index in [4.69, 9.17) is 4.42 Å². The van der Waals surface area contributed by atoms with Gasteiger partial charge in [0.1, 0.15) is 11.2 Å². The fourth-order valence-corrected chi connectivity index (χ4v) is 9.46. The number of hydrogen-bond acceptors (Lipinski definition) is 1. The first kappa shape index (κ1) is 30.3. The average molecular weight is 697 g/mol. The van der Waals surface area contributed by atoms with Gasteiger partial charge in [-0.1, -0.05) is 176 Å². The van der Waals surface area contributed by atoms with Crippen molar-refractivity contribution in [3.8, 4) is 33.4 Å². The van der Waals surface area contributed by atoms with Gasteiger partial charge in [0.2, 0.25) is 0 Å². The maximum atomic E-state index is 6.87. The fourth-order valence-electron chi connectivity index (χ4n) is 9.46. The zero-order valence-corrected chi connectivity index (χ0v) is 29.9. The summed E-state index contributed by atoms with van der Waals surface area (Å²) in [6.45, 7) is 0. The Morgan fingerprint density at radius 3 is 1.42 bits per heavy atom. The molecule has 55 heavy (non-hydrogen) atoms. The Balaban J connectivity index is 1.07. The molecular weight excluding hydrogens is 665 g/mol. The minimum absolute atomic E-state index is 0.943. The van der Waals surface area contributed by atoms with Gasteiger partial charge >= 0.3 is 0 Å². The molecule has 0 amide bonds. The van der Waals surface area contributed by atoms with Gasteiger partial charge in [0.25, 0.3) is 0 Å². The lowest BCUT2D eigenvalue weighted by Crippen LogP contribution is -1.92. The Labute approximate surface area is 317 Å². The predicted molar refractivity (Wildman–Crippen MR) is 235 cm³/mol. The Bertz CT molecular complexity index is 3480. The molecule has 0 atom stereocenters. The molecule has 1 heterocycles. The third-order valence-electron chi connectivity index (χ3n) is 11.8. The summed E-state index contributed by atoms with van der Waals surface area (Å²) < 4.78 is 6.87. The number of rotatable bonds is 3. The van der Waals surface area contributed by atoms with Crippen LogP contribution in [0.2, 0.25) is 0 Å². The third kappa shape index (κ3) is 4.35. The van der Waals surface area contributed by atoms with Crippen LogP contribution >= 0.6 is 0 Å². The minimum Gasteiger partial charge on any atom is -0.455 e. The van der Waals surface area contributed by atoms with E-state index in [1.165, 1.54) is 92.6 Å². The highest BCUT2D eigenvalue weighted by Gasteiger charge is 2.20. The Hall–Kier alpha value is -7.22. The van der Waals surface area contributed by atoms with Gasteiger partial charge in [-0.2, -0.15) is 0 Å². The Morgan fingerprint density at radius 1 is 0.255 bits per heavy atom. The lowest BCUT2D eigenvalue weighted by atomic mass is 9.84.